The van der Waals surface area contributed by atoms with Crippen molar-refractivity contribution in [3.05, 3.63) is 50.5 Å². The normalized spacial score (nSPS) is 10.3. The summed E-state index contributed by atoms with van der Waals surface area (Å²) < 4.78 is 0.789. The number of carbonyl (C=O) groups is 1. The van der Waals surface area contributed by atoms with E-state index in [2.05, 4.69) is 26.2 Å². The summed E-state index contributed by atoms with van der Waals surface area (Å²) in [4.78, 5) is 14.8. The molecule has 0 saturated heterocycles. The van der Waals surface area contributed by atoms with Gasteiger partial charge in [0.05, 0.1) is 16.3 Å². The number of halogens is 3. The summed E-state index contributed by atoms with van der Waals surface area (Å²) >= 11 is 15.2. The fourth-order valence-electron chi connectivity index (χ4n) is 1.37. The Morgan fingerprint density at radius 2 is 2.05 bits per heavy atom. The Hall–Kier alpha value is -1.30. The van der Waals surface area contributed by atoms with Gasteiger partial charge in [-0.05, 0) is 40.2 Å². The number of hydrogen-bond acceptors (Lipinski definition) is 3. The molecule has 0 atom stereocenters. The van der Waals surface area contributed by atoms with E-state index in [0.717, 1.165) is 4.47 Å². The fraction of sp³-hybridized carbons (Fsp3) is 0. The lowest BCUT2D eigenvalue weighted by molar-refractivity contribution is 0.0696. The highest BCUT2D eigenvalue weighted by molar-refractivity contribution is 9.10. The summed E-state index contributed by atoms with van der Waals surface area (Å²) in [7, 11) is 0. The van der Waals surface area contributed by atoms with Crippen molar-refractivity contribution in [2.75, 3.05) is 5.32 Å². The van der Waals surface area contributed by atoms with Gasteiger partial charge >= 0.3 is 5.97 Å². The second-order valence-electron chi connectivity index (χ2n) is 3.61. The van der Waals surface area contributed by atoms with Crippen molar-refractivity contribution in [1.29, 1.82) is 0 Å². The first-order valence-electron chi connectivity index (χ1n) is 5.08. The molecule has 0 unspecified atom stereocenters. The van der Waals surface area contributed by atoms with E-state index in [1.54, 1.807) is 18.2 Å². The fourth-order valence-corrected chi connectivity index (χ4v) is 2.10. The lowest BCUT2D eigenvalue weighted by atomic mass is 10.2. The average Bonchev–Trinajstić information content (AvgIpc) is 2.36. The van der Waals surface area contributed by atoms with Gasteiger partial charge in [0, 0.05) is 15.7 Å². The molecular formula is C12H7BrCl2N2O2. The van der Waals surface area contributed by atoms with Crippen LogP contribution in [0.5, 0.6) is 0 Å². The number of rotatable bonds is 3. The minimum absolute atomic E-state index is 0.0284. The van der Waals surface area contributed by atoms with E-state index >= 15 is 0 Å². The summed E-state index contributed by atoms with van der Waals surface area (Å²) in [5.74, 6) is -0.723. The molecule has 1 aromatic heterocycles. The first-order valence-corrected chi connectivity index (χ1v) is 6.63. The lowest BCUT2D eigenvalue weighted by Crippen LogP contribution is -2.00. The smallest absolute Gasteiger partial charge is 0.337 e. The molecular weight excluding hydrogens is 355 g/mol. The Morgan fingerprint density at radius 3 is 2.68 bits per heavy atom. The zero-order chi connectivity index (χ0) is 14.0. The highest BCUT2D eigenvalue weighted by Crippen LogP contribution is 2.30. The van der Waals surface area contributed by atoms with Crippen molar-refractivity contribution in [2.45, 2.75) is 0 Å². The average molecular weight is 362 g/mol. The number of hydrogen-bond donors (Lipinski definition) is 2. The van der Waals surface area contributed by atoms with E-state index in [4.69, 9.17) is 28.3 Å². The number of aromatic nitrogens is 1. The van der Waals surface area contributed by atoms with Gasteiger partial charge in [0.25, 0.3) is 0 Å². The second-order valence-corrected chi connectivity index (χ2v) is 5.31. The van der Waals surface area contributed by atoms with Gasteiger partial charge in [0.15, 0.2) is 0 Å². The van der Waals surface area contributed by atoms with Gasteiger partial charge < -0.3 is 10.4 Å². The molecule has 0 spiro atoms. The van der Waals surface area contributed by atoms with Gasteiger partial charge in [-0.15, -0.1) is 0 Å². The molecule has 0 amide bonds. The molecule has 0 fully saturated rings. The molecule has 0 bridgehead atoms. The third-order valence-corrected chi connectivity index (χ3v) is 3.48. The maximum atomic E-state index is 10.8. The Kier molecular flexibility index (Phi) is 4.29. The quantitative estimate of drug-likeness (QED) is 0.839. The monoisotopic (exact) mass is 360 g/mol. The Bertz CT molecular complexity index is 650. The van der Waals surface area contributed by atoms with E-state index in [9.17, 15) is 4.79 Å². The van der Waals surface area contributed by atoms with Gasteiger partial charge in [-0.25, -0.2) is 9.78 Å². The maximum absolute atomic E-state index is 10.8. The van der Waals surface area contributed by atoms with Crippen molar-refractivity contribution in [2.24, 2.45) is 0 Å². The van der Waals surface area contributed by atoms with E-state index in [1.165, 1.54) is 12.3 Å². The lowest BCUT2D eigenvalue weighted by Gasteiger charge is -2.10. The maximum Gasteiger partial charge on any atom is 0.337 e. The van der Waals surface area contributed by atoms with Crippen LogP contribution in [0.2, 0.25) is 10.0 Å². The number of nitrogens with one attached hydrogen (secondary N) is 1. The molecule has 2 rings (SSSR count). The molecule has 0 saturated carbocycles. The van der Waals surface area contributed by atoms with Crippen LogP contribution in [0, 0.1) is 0 Å². The molecule has 19 heavy (non-hydrogen) atoms. The topological polar surface area (TPSA) is 62.2 Å². The van der Waals surface area contributed by atoms with Crippen molar-refractivity contribution >= 4 is 56.6 Å². The Balaban J connectivity index is 2.33. The molecule has 0 aliphatic carbocycles. The summed E-state index contributed by atoms with van der Waals surface area (Å²) in [6.07, 6.45) is 1.23. The highest BCUT2D eigenvalue weighted by atomic mass is 79.9. The van der Waals surface area contributed by atoms with Crippen LogP contribution < -0.4 is 5.32 Å². The number of pyridine rings is 1. The van der Waals surface area contributed by atoms with Crippen LogP contribution in [0.25, 0.3) is 0 Å². The zero-order valence-corrected chi connectivity index (χ0v) is 12.4. The minimum Gasteiger partial charge on any atom is -0.478 e. The molecule has 2 aromatic rings. The highest BCUT2D eigenvalue weighted by Gasteiger charge is 2.10. The molecule has 0 radical (unpaired) electrons. The first kappa shape index (κ1) is 14.1. The summed E-state index contributed by atoms with van der Waals surface area (Å²) in [5.41, 5.74) is 0.714. The molecule has 1 aromatic carbocycles. The van der Waals surface area contributed by atoms with Crippen LogP contribution in [0.1, 0.15) is 10.4 Å². The van der Waals surface area contributed by atoms with Crippen LogP contribution >= 0.6 is 39.1 Å². The third-order valence-electron chi connectivity index (χ3n) is 2.27. The van der Waals surface area contributed by atoms with Crippen molar-refractivity contribution in [1.82, 2.24) is 4.98 Å². The van der Waals surface area contributed by atoms with Gasteiger partial charge in [0.1, 0.15) is 5.82 Å². The van der Waals surface area contributed by atoms with Gasteiger partial charge in [-0.2, -0.15) is 0 Å². The van der Waals surface area contributed by atoms with Gasteiger partial charge in [-0.3, -0.25) is 0 Å². The number of benzene rings is 1. The van der Waals surface area contributed by atoms with Gasteiger partial charge in [0.2, 0.25) is 0 Å². The van der Waals surface area contributed by atoms with E-state index in [1.807, 2.05) is 0 Å². The Morgan fingerprint density at radius 1 is 1.32 bits per heavy atom. The molecule has 0 aliphatic rings. The van der Waals surface area contributed by atoms with E-state index < -0.39 is 5.97 Å². The van der Waals surface area contributed by atoms with Crippen molar-refractivity contribution in [3.63, 3.8) is 0 Å². The van der Waals surface area contributed by atoms with Crippen LogP contribution in [0.3, 0.4) is 0 Å². The zero-order valence-electron chi connectivity index (χ0n) is 9.32. The standard InChI is InChI=1S/C12H7BrCl2N2O2/c13-8-2-1-7(14)4-10(8)17-11-9(15)3-6(5-16-11)12(18)19/h1-5H,(H,16,17)(H,18,19). The largest absolute Gasteiger partial charge is 0.478 e. The minimum atomic E-state index is -1.08. The molecule has 2 N–H and O–H groups in total. The van der Waals surface area contributed by atoms with Crippen LogP contribution in [-0.4, -0.2) is 16.1 Å². The first-order chi connectivity index (χ1) is 8.97. The van der Waals surface area contributed by atoms with E-state index in [-0.39, 0.29) is 10.6 Å². The summed E-state index contributed by atoms with van der Waals surface area (Å²) in [6.45, 7) is 0. The predicted octanol–water partition coefficient (Wildman–Crippen LogP) is 4.59. The van der Waals surface area contributed by atoms with Crippen molar-refractivity contribution in [3.8, 4) is 0 Å². The number of anilines is 2. The van der Waals surface area contributed by atoms with Crippen LogP contribution in [0.15, 0.2) is 34.9 Å². The summed E-state index contributed by atoms with van der Waals surface area (Å²) in [5, 5.41) is 12.6. The van der Waals surface area contributed by atoms with Crippen LogP contribution in [0.4, 0.5) is 11.5 Å². The van der Waals surface area contributed by atoms with E-state index in [0.29, 0.717) is 16.5 Å². The predicted molar refractivity (Wildman–Crippen MR) is 78.6 cm³/mol. The third kappa shape index (κ3) is 3.37. The molecule has 7 heteroatoms. The molecule has 4 nitrogen and oxygen atoms in total. The molecule has 1 heterocycles. The number of nitrogens with zero attached hydrogens (tertiary/aromatic N) is 1. The number of aromatic carboxylic acids is 1. The van der Waals surface area contributed by atoms with Crippen LogP contribution in [-0.2, 0) is 0 Å². The Labute approximate surface area is 127 Å². The number of carboxylic acids is 1. The SMILES string of the molecule is O=C(O)c1cnc(Nc2cc(Cl)ccc2Br)c(Cl)c1. The molecule has 0 aliphatic heterocycles. The summed E-state index contributed by atoms with van der Waals surface area (Å²) in [6, 6.07) is 6.55. The number of carboxylic acid groups (broad SMARTS) is 1. The van der Waals surface area contributed by atoms with Crippen molar-refractivity contribution < 1.29 is 9.90 Å². The second kappa shape index (κ2) is 5.77. The van der Waals surface area contributed by atoms with Gasteiger partial charge in [-0.1, -0.05) is 23.2 Å². The molecule has 98 valence electrons.